The number of nitrogens with two attached hydrogens (primary N) is 1. The molecule has 9 nitrogen and oxygen atoms in total. The van der Waals surface area contributed by atoms with Crippen molar-refractivity contribution in [2.45, 2.75) is 322 Å². The average Bonchev–Trinajstić information content (AvgIpc) is 3.35. The van der Waals surface area contributed by atoms with Crippen LogP contribution in [0.5, 0.6) is 0 Å². The summed E-state index contributed by atoms with van der Waals surface area (Å²) in [4.78, 5) is 35.2. The van der Waals surface area contributed by atoms with Crippen LogP contribution in [0.1, 0.15) is 316 Å². The zero-order valence-electron chi connectivity index (χ0n) is 46.3. The highest BCUT2D eigenvalue weighted by atomic mass is 31.2. The van der Waals surface area contributed by atoms with Crippen molar-refractivity contribution in [3.63, 3.8) is 0 Å². The molecule has 0 aromatic carbocycles. The van der Waals surface area contributed by atoms with Crippen molar-refractivity contribution in [2.24, 2.45) is 5.73 Å². The van der Waals surface area contributed by atoms with Crippen LogP contribution in [0.15, 0.2) is 24.3 Å². The number of allylic oxidation sites excluding steroid dienone is 4. The van der Waals surface area contributed by atoms with Crippen LogP contribution >= 0.6 is 7.82 Å². The van der Waals surface area contributed by atoms with Crippen LogP contribution in [-0.2, 0) is 32.7 Å². The van der Waals surface area contributed by atoms with Crippen LogP contribution < -0.4 is 5.73 Å². The van der Waals surface area contributed by atoms with Gasteiger partial charge >= 0.3 is 19.8 Å². The minimum Gasteiger partial charge on any atom is -0.462 e. The molecule has 0 radical (unpaired) electrons. The summed E-state index contributed by atoms with van der Waals surface area (Å²) in [7, 11) is -4.39. The van der Waals surface area contributed by atoms with Gasteiger partial charge in [0.1, 0.15) is 6.61 Å². The largest absolute Gasteiger partial charge is 0.472 e. The molecule has 3 N–H and O–H groups in total. The zero-order valence-corrected chi connectivity index (χ0v) is 47.2. The highest BCUT2D eigenvalue weighted by Crippen LogP contribution is 2.43. The van der Waals surface area contributed by atoms with E-state index >= 15 is 0 Å². The van der Waals surface area contributed by atoms with Gasteiger partial charge < -0.3 is 20.1 Å². The summed E-state index contributed by atoms with van der Waals surface area (Å²) in [5, 5.41) is 0. The molecule has 10 heteroatoms. The van der Waals surface area contributed by atoms with Crippen LogP contribution in [0.3, 0.4) is 0 Å². The van der Waals surface area contributed by atoms with Gasteiger partial charge in [-0.25, -0.2) is 4.57 Å². The fraction of sp³-hybridized carbons (Fsp3) is 0.900. The van der Waals surface area contributed by atoms with Gasteiger partial charge in [-0.3, -0.25) is 18.6 Å². The third kappa shape index (κ3) is 55.8. The second kappa shape index (κ2) is 56.8. The molecule has 2 atom stereocenters. The monoisotopic (exact) mass is 1010 g/mol. The number of carbonyl (C=O) groups is 2. The Morgan fingerprint density at radius 3 is 1.09 bits per heavy atom. The predicted octanol–water partition coefficient (Wildman–Crippen LogP) is 19.0. The highest BCUT2D eigenvalue weighted by molar-refractivity contribution is 7.47. The normalized spacial score (nSPS) is 13.1. The molecule has 0 saturated carbocycles. The average molecular weight is 1010 g/mol. The van der Waals surface area contributed by atoms with Gasteiger partial charge in [0, 0.05) is 19.4 Å². The number of phosphoric ester groups is 1. The molecule has 0 aliphatic carbocycles. The van der Waals surface area contributed by atoms with Crippen molar-refractivity contribution >= 4 is 19.8 Å². The number of carbonyl (C=O) groups excluding carboxylic acids is 2. The number of hydrogen-bond acceptors (Lipinski definition) is 8. The Balaban J connectivity index is 3.91. The lowest BCUT2D eigenvalue weighted by Crippen LogP contribution is -2.29. The second-order valence-electron chi connectivity index (χ2n) is 20.6. The van der Waals surface area contributed by atoms with E-state index in [1.165, 1.54) is 238 Å². The Bertz CT molecular complexity index is 1200. The first-order valence-corrected chi connectivity index (χ1v) is 31.8. The molecule has 0 heterocycles. The van der Waals surface area contributed by atoms with Crippen molar-refractivity contribution in [1.82, 2.24) is 0 Å². The quantitative estimate of drug-likeness (QED) is 0.0264. The lowest BCUT2D eigenvalue weighted by Gasteiger charge is -2.19. The third-order valence-electron chi connectivity index (χ3n) is 13.6. The number of hydrogen-bond donors (Lipinski definition) is 2. The van der Waals surface area contributed by atoms with Crippen LogP contribution in [0.4, 0.5) is 0 Å². The molecule has 0 aliphatic rings. The number of ether oxygens (including phenoxy) is 2. The molecule has 0 fully saturated rings. The second-order valence-corrected chi connectivity index (χ2v) is 22.0. The first-order chi connectivity index (χ1) is 34.3. The number of rotatable bonds is 58. The maximum absolute atomic E-state index is 12.7. The molecule has 0 spiro atoms. The van der Waals surface area contributed by atoms with Gasteiger partial charge in [-0.1, -0.05) is 282 Å². The van der Waals surface area contributed by atoms with Gasteiger partial charge in [-0.05, 0) is 44.9 Å². The lowest BCUT2D eigenvalue weighted by atomic mass is 10.0. The molecule has 0 bridgehead atoms. The summed E-state index contributed by atoms with van der Waals surface area (Å²) < 4.78 is 33.1. The van der Waals surface area contributed by atoms with Gasteiger partial charge in [0.2, 0.25) is 0 Å². The lowest BCUT2D eigenvalue weighted by molar-refractivity contribution is -0.161. The summed E-state index contributed by atoms with van der Waals surface area (Å²) in [6.45, 7) is 3.79. The number of esters is 2. The van der Waals surface area contributed by atoms with E-state index in [4.69, 9.17) is 24.3 Å². The minimum atomic E-state index is -4.39. The summed E-state index contributed by atoms with van der Waals surface area (Å²) in [5.41, 5.74) is 5.39. The molecular weight excluding hydrogens is 894 g/mol. The van der Waals surface area contributed by atoms with Gasteiger partial charge in [-0.2, -0.15) is 0 Å². The summed E-state index contributed by atoms with van der Waals surface area (Å²) in [6.07, 6.45) is 66.7. The maximum Gasteiger partial charge on any atom is 0.472 e. The molecule has 2 unspecified atom stereocenters. The van der Waals surface area contributed by atoms with E-state index in [2.05, 4.69) is 38.2 Å². The van der Waals surface area contributed by atoms with E-state index in [9.17, 15) is 19.0 Å². The number of phosphoric acid groups is 1. The molecule has 0 aliphatic heterocycles. The van der Waals surface area contributed by atoms with Gasteiger partial charge in [0.05, 0.1) is 13.2 Å². The smallest absolute Gasteiger partial charge is 0.462 e. The van der Waals surface area contributed by atoms with E-state index in [0.717, 1.165) is 44.9 Å². The molecule has 0 saturated heterocycles. The Morgan fingerprint density at radius 2 is 0.743 bits per heavy atom. The van der Waals surface area contributed by atoms with E-state index < -0.39 is 26.5 Å². The predicted molar refractivity (Wildman–Crippen MR) is 298 cm³/mol. The first-order valence-electron chi connectivity index (χ1n) is 30.3. The van der Waals surface area contributed by atoms with Crippen LogP contribution in [0.25, 0.3) is 0 Å². The molecule has 70 heavy (non-hydrogen) atoms. The Labute approximate surface area is 433 Å². The van der Waals surface area contributed by atoms with Gasteiger partial charge in [0.15, 0.2) is 6.10 Å². The van der Waals surface area contributed by atoms with Crippen molar-refractivity contribution in [2.75, 3.05) is 26.4 Å². The highest BCUT2D eigenvalue weighted by Gasteiger charge is 2.26. The van der Waals surface area contributed by atoms with Crippen LogP contribution in [-0.4, -0.2) is 49.3 Å². The summed E-state index contributed by atoms with van der Waals surface area (Å²) in [5.74, 6) is -0.811. The van der Waals surface area contributed by atoms with Crippen molar-refractivity contribution in [3.05, 3.63) is 24.3 Å². The van der Waals surface area contributed by atoms with Crippen LogP contribution in [0, 0.1) is 0 Å². The topological polar surface area (TPSA) is 134 Å². The molecule has 0 aromatic heterocycles. The Morgan fingerprint density at radius 1 is 0.429 bits per heavy atom. The van der Waals surface area contributed by atoms with Gasteiger partial charge in [-0.15, -0.1) is 0 Å². The molecule has 0 rings (SSSR count). The van der Waals surface area contributed by atoms with Crippen molar-refractivity contribution in [3.8, 4) is 0 Å². The molecular formula is C60H116NO8P. The van der Waals surface area contributed by atoms with E-state index in [1.807, 2.05) is 0 Å². The van der Waals surface area contributed by atoms with E-state index in [-0.39, 0.29) is 38.6 Å². The summed E-state index contributed by atoms with van der Waals surface area (Å²) in [6, 6.07) is 0. The SMILES string of the molecule is CCCCCCC/C=C\C/C=C\CCCCCCCCCCCCCC(=O)OC(COC(=O)CCCCCCCCCCCCCCCCCCCCCCCCCCCC)COP(=O)(O)OCCN. The van der Waals surface area contributed by atoms with Gasteiger partial charge in [0.25, 0.3) is 0 Å². The minimum absolute atomic E-state index is 0.0554. The molecule has 0 amide bonds. The molecule has 0 aromatic rings. The van der Waals surface area contributed by atoms with E-state index in [1.54, 1.807) is 0 Å². The van der Waals surface area contributed by atoms with E-state index in [0.29, 0.717) is 6.42 Å². The fourth-order valence-electron chi connectivity index (χ4n) is 9.08. The standard InChI is InChI=1S/C60H116NO8P/c1-3-5-7-9-11-13-15-17-19-21-23-25-27-28-29-31-32-34-36-38-40-42-44-46-48-50-52-59(62)66-56-58(57-68-70(64,65)67-55-54-61)69-60(63)53-51-49-47-45-43-41-39-37-35-33-30-26-24-22-20-18-16-14-12-10-8-6-4-2/h16,18,22,24,58H,3-15,17,19-21,23,25-57,61H2,1-2H3,(H,64,65)/b18-16-,24-22-. The summed E-state index contributed by atoms with van der Waals surface area (Å²) >= 11 is 0. The molecule has 414 valence electrons. The van der Waals surface area contributed by atoms with Crippen molar-refractivity contribution in [1.29, 1.82) is 0 Å². The van der Waals surface area contributed by atoms with Crippen molar-refractivity contribution < 1.29 is 37.6 Å². The van der Waals surface area contributed by atoms with Crippen LogP contribution in [0.2, 0.25) is 0 Å². The first kappa shape index (κ1) is 68.5. The Kier molecular flexibility index (Phi) is 55.6. The zero-order chi connectivity index (χ0) is 51.0. The maximum atomic E-state index is 12.7. The Hall–Kier alpha value is -1.51. The third-order valence-corrected chi connectivity index (χ3v) is 14.6. The fourth-order valence-corrected chi connectivity index (χ4v) is 9.85. The number of unbranched alkanes of at least 4 members (excludes halogenated alkanes) is 41.